The van der Waals surface area contributed by atoms with Gasteiger partial charge in [0.25, 0.3) is 10.0 Å². The highest BCUT2D eigenvalue weighted by Gasteiger charge is 2.30. The van der Waals surface area contributed by atoms with E-state index in [1.165, 1.54) is 26.9 Å². The van der Waals surface area contributed by atoms with Gasteiger partial charge >= 0.3 is 0 Å². The molecular formula is C29H33N5O2S3. The van der Waals surface area contributed by atoms with Crippen LogP contribution in [0.1, 0.15) is 50.7 Å². The molecule has 1 saturated heterocycles. The van der Waals surface area contributed by atoms with Crippen LogP contribution >= 0.6 is 22.7 Å². The van der Waals surface area contributed by atoms with Crippen LogP contribution in [0.4, 0.5) is 5.69 Å². The van der Waals surface area contributed by atoms with Crippen molar-refractivity contribution in [3.63, 3.8) is 0 Å². The molecule has 0 amide bonds. The van der Waals surface area contributed by atoms with Gasteiger partial charge in [0.05, 0.1) is 28.6 Å². The van der Waals surface area contributed by atoms with Crippen molar-refractivity contribution >= 4 is 49.3 Å². The van der Waals surface area contributed by atoms with Crippen LogP contribution in [0.2, 0.25) is 0 Å². The molecule has 1 unspecified atom stereocenters. The SMILES string of the molecule is C.CC(C)N(c1cccc2cc(-c3ncc(CN4CCCC4c4ccccn4)s3)[nH]c12)S(=O)(=O)c1cccs1. The highest BCUT2D eigenvalue weighted by molar-refractivity contribution is 7.94. The van der Waals surface area contributed by atoms with Gasteiger partial charge in [0, 0.05) is 35.2 Å². The van der Waals surface area contributed by atoms with Crippen molar-refractivity contribution < 1.29 is 8.42 Å². The monoisotopic (exact) mass is 579 g/mol. The zero-order valence-corrected chi connectivity index (χ0v) is 23.7. The van der Waals surface area contributed by atoms with E-state index in [9.17, 15) is 8.42 Å². The second-order valence-electron chi connectivity index (χ2n) is 9.77. The first-order chi connectivity index (χ1) is 18.4. The van der Waals surface area contributed by atoms with Gasteiger partial charge in [-0.1, -0.05) is 31.7 Å². The largest absolute Gasteiger partial charge is 0.351 e. The van der Waals surface area contributed by atoms with Crippen LogP contribution in [0.25, 0.3) is 21.6 Å². The van der Waals surface area contributed by atoms with Crippen LogP contribution < -0.4 is 4.31 Å². The average Bonchev–Trinajstić information content (AvgIpc) is 3.71. The minimum absolute atomic E-state index is 0. The topological polar surface area (TPSA) is 82.2 Å². The predicted octanol–water partition coefficient (Wildman–Crippen LogP) is 7.32. The molecule has 5 aromatic rings. The Morgan fingerprint density at radius 2 is 2.00 bits per heavy atom. The molecule has 5 heterocycles. The van der Waals surface area contributed by atoms with E-state index in [2.05, 4.69) is 33.1 Å². The van der Waals surface area contributed by atoms with Crippen molar-refractivity contribution in [3.05, 3.63) is 82.9 Å². The summed E-state index contributed by atoms with van der Waals surface area (Å²) in [5, 5.41) is 3.64. The number of para-hydroxylation sites is 1. The van der Waals surface area contributed by atoms with Crippen LogP contribution in [-0.4, -0.2) is 40.9 Å². The lowest BCUT2D eigenvalue weighted by Crippen LogP contribution is -2.36. The first kappa shape index (κ1) is 27.5. The lowest BCUT2D eigenvalue weighted by molar-refractivity contribution is 0.246. The van der Waals surface area contributed by atoms with Gasteiger partial charge in [-0.05, 0) is 68.9 Å². The molecule has 204 valence electrons. The number of hydrogen-bond donors (Lipinski definition) is 1. The second-order valence-corrected chi connectivity index (χ2v) is 13.9. The minimum Gasteiger partial charge on any atom is -0.351 e. The summed E-state index contributed by atoms with van der Waals surface area (Å²) in [6.45, 7) is 5.69. The Bertz CT molecular complexity index is 1640. The maximum Gasteiger partial charge on any atom is 0.274 e. The standard InChI is InChI=1S/C28H29N5O2S3.CH4/c1-19(2)33(38(34,35)26-12-7-15-36-26)25-10-5-8-20-16-23(31-27(20)25)28-30-17-21(37-28)18-32-14-6-11-24(32)22-9-3-4-13-29-22;/h3-5,7-10,12-13,15-17,19,24,31H,6,11,14,18H2,1-2H3;1H4. The lowest BCUT2D eigenvalue weighted by Gasteiger charge is -2.28. The number of benzene rings is 1. The van der Waals surface area contributed by atoms with Crippen LogP contribution in [0, 0.1) is 0 Å². The first-order valence-electron chi connectivity index (χ1n) is 12.7. The minimum atomic E-state index is -3.69. The maximum atomic E-state index is 13.6. The molecule has 0 bridgehead atoms. The van der Waals surface area contributed by atoms with Crippen molar-refractivity contribution in [2.45, 2.75) is 57.0 Å². The van der Waals surface area contributed by atoms with Crippen LogP contribution in [0.5, 0.6) is 0 Å². The molecule has 4 aromatic heterocycles. The number of thiazole rings is 1. The van der Waals surface area contributed by atoms with Gasteiger partial charge in [0.2, 0.25) is 0 Å². The van der Waals surface area contributed by atoms with Gasteiger partial charge in [-0.3, -0.25) is 14.2 Å². The zero-order valence-electron chi connectivity index (χ0n) is 21.2. The van der Waals surface area contributed by atoms with Gasteiger partial charge in [-0.15, -0.1) is 22.7 Å². The van der Waals surface area contributed by atoms with E-state index in [4.69, 9.17) is 4.98 Å². The van der Waals surface area contributed by atoms with Gasteiger partial charge in [-0.25, -0.2) is 13.4 Å². The number of H-pyrrole nitrogens is 1. The van der Waals surface area contributed by atoms with Gasteiger partial charge in [0.15, 0.2) is 0 Å². The number of anilines is 1. The van der Waals surface area contributed by atoms with Crippen molar-refractivity contribution in [1.82, 2.24) is 19.9 Å². The molecule has 7 nitrogen and oxygen atoms in total. The molecule has 1 atom stereocenters. The van der Waals surface area contributed by atoms with E-state index in [0.29, 0.717) is 15.9 Å². The van der Waals surface area contributed by atoms with E-state index >= 15 is 0 Å². The summed E-state index contributed by atoms with van der Waals surface area (Å²) < 4.78 is 29.0. The molecule has 0 aliphatic carbocycles. The Balaban J connectivity index is 0.00000308. The molecule has 6 rings (SSSR count). The first-order valence-corrected chi connectivity index (χ1v) is 15.8. The van der Waals surface area contributed by atoms with Crippen molar-refractivity contribution in [2.24, 2.45) is 0 Å². The summed E-state index contributed by atoms with van der Waals surface area (Å²) >= 11 is 2.91. The highest BCUT2D eigenvalue weighted by atomic mass is 32.2. The summed E-state index contributed by atoms with van der Waals surface area (Å²) in [5.41, 5.74) is 3.46. The van der Waals surface area contributed by atoms with Crippen molar-refractivity contribution in [1.29, 1.82) is 0 Å². The normalized spacial score (nSPS) is 16.1. The Morgan fingerprint density at radius 3 is 2.74 bits per heavy atom. The quantitative estimate of drug-likeness (QED) is 0.208. The van der Waals surface area contributed by atoms with Gasteiger partial charge < -0.3 is 4.98 Å². The number of aromatic nitrogens is 3. The van der Waals surface area contributed by atoms with Crippen LogP contribution in [0.3, 0.4) is 0 Å². The number of sulfonamides is 1. The van der Waals surface area contributed by atoms with Crippen molar-refractivity contribution in [3.8, 4) is 10.7 Å². The molecule has 1 aliphatic rings. The van der Waals surface area contributed by atoms with E-state index in [0.717, 1.165) is 46.8 Å². The van der Waals surface area contributed by atoms with Gasteiger partial charge in [0.1, 0.15) is 9.22 Å². The summed E-state index contributed by atoms with van der Waals surface area (Å²) in [6.07, 6.45) is 6.11. The van der Waals surface area contributed by atoms with Crippen LogP contribution in [-0.2, 0) is 16.6 Å². The highest BCUT2D eigenvalue weighted by Crippen LogP contribution is 2.38. The molecule has 1 aromatic carbocycles. The summed E-state index contributed by atoms with van der Waals surface area (Å²) in [5.74, 6) is 0. The van der Waals surface area contributed by atoms with Gasteiger partial charge in [-0.2, -0.15) is 0 Å². The number of likely N-dealkylation sites (tertiary alicyclic amines) is 1. The molecule has 39 heavy (non-hydrogen) atoms. The maximum absolute atomic E-state index is 13.6. The zero-order chi connectivity index (χ0) is 26.3. The number of rotatable bonds is 8. The Kier molecular flexibility index (Phi) is 7.91. The molecular weight excluding hydrogens is 547 g/mol. The predicted molar refractivity (Wildman–Crippen MR) is 162 cm³/mol. The third kappa shape index (κ3) is 5.26. The molecule has 10 heteroatoms. The summed E-state index contributed by atoms with van der Waals surface area (Å²) in [6, 6.07) is 17.5. The number of thiophene rings is 1. The molecule has 1 fully saturated rings. The lowest BCUT2D eigenvalue weighted by atomic mass is 10.1. The fraction of sp³-hybridized carbons (Fsp3) is 0.310. The smallest absolute Gasteiger partial charge is 0.274 e. The molecule has 1 N–H and O–H groups in total. The van der Waals surface area contributed by atoms with E-state index in [-0.39, 0.29) is 13.5 Å². The number of nitrogens with one attached hydrogen (secondary N) is 1. The summed E-state index contributed by atoms with van der Waals surface area (Å²) in [4.78, 5) is 16.5. The number of hydrogen-bond acceptors (Lipinski definition) is 7. The molecule has 0 radical (unpaired) electrons. The Morgan fingerprint density at radius 1 is 1.13 bits per heavy atom. The summed E-state index contributed by atoms with van der Waals surface area (Å²) in [7, 11) is -3.69. The third-order valence-electron chi connectivity index (χ3n) is 6.88. The third-order valence-corrected chi connectivity index (χ3v) is 11.3. The van der Waals surface area contributed by atoms with E-state index in [1.54, 1.807) is 28.8 Å². The van der Waals surface area contributed by atoms with E-state index in [1.807, 2.05) is 50.5 Å². The number of pyridine rings is 1. The Hall–Kier alpha value is -3.05. The van der Waals surface area contributed by atoms with E-state index < -0.39 is 10.0 Å². The van der Waals surface area contributed by atoms with Crippen LogP contribution in [0.15, 0.2) is 76.6 Å². The number of aromatic amines is 1. The average molecular weight is 580 g/mol. The second kappa shape index (κ2) is 11.2. The van der Waals surface area contributed by atoms with Crippen molar-refractivity contribution in [2.75, 3.05) is 10.8 Å². The fourth-order valence-electron chi connectivity index (χ4n) is 5.26. The molecule has 0 spiro atoms. The molecule has 0 saturated carbocycles. The fourth-order valence-corrected chi connectivity index (χ4v) is 8.92. The number of fused-ring (bicyclic) bond motifs is 1. The molecule has 1 aliphatic heterocycles. The Labute approximate surface area is 238 Å². The number of nitrogens with zero attached hydrogens (tertiary/aromatic N) is 4.